The van der Waals surface area contributed by atoms with Gasteiger partial charge < -0.3 is 0 Å². The lowest BCUT2D eigenvalue weighted by Gasteiger charge is -2.19. The van der Waals surface area contributed by atoms with Gasteiger partial charge in [0.1, 0.15) is 5.82 Å². The Morgan fingerprint density at radius 1 is 1.14 bits per heavy atom. The summed E-state index contributed by atoms with van der Waals surface area (Å²) in [5.74, 6) is 2.27. The van der Waals surface area contributed by atoms with E-state index >= 15 is 0 Å². The molecule has 1 heterocycles. The van der Waals surface area contributed by atoms with E-state index in [0.29, 0.717) is 11.8 Å². The summed E-state index contributed by atoms with van der Waals surface area (Å²) in [6.45, 7) is 0. The average molecular weight is 365 g/mol. The number of hydrogen-bond acceptors (Lipinski definition) is 1. The third-order valence-corrected chi connectivity index (χ3v) is 6.24. The van der Waals surface area contributed by atoms with E-state index in [1.165, 1.54) is 28.2 Å². The second-order valence-electron chi connectivity index (χ2n) is 5.63. The molecule has 0 aliphatic carbocycles. The Kier molecular flexibility index (Phi) is 5.02. The molecule has 0 aromatic heterocycles. The standard InChI is InChI=1S/C18H18BrFS/c19-11-14(9-13-5-7-16(20)8-6-13)10-15-12-21-18-4-2-1-3-17(15)18/h1-8,14-15H,9-12H2. The Labute approximate surface area is 138 Å². The first-order valence-electron chi connectivity index (χ1n) is 7.28. The van der Waals surface area contributed by atoms with Crippen LogP contribution in [0.25, 0.3) is 0 Å². The van der Waals surface area contributed by atoms with Crippen LogP contribution in [0, 0.1) is 11.7 Å². The molecule has 110 valence electrons. The maximum Gasteiger partial charge on any atom is 0.123 e. The molecule has 0 spiro atoms. The van der Waals surface area contributed by atoms with Gasteiger partial charge in [0.05, 0.1) is 0 Å². The second kappa shape index (κ2) is 6.97. The summed E-state index contributed by atoms with van der Waals surface area (Å²) in [6, 6.07) is 15.7. The fourth-order valence-electron chi connectivity index (χ4n) is 2.98. The molecular formula is C18H18BrFS. The monoisotopic (exact) mass is 364 g/mol. The number of halogens is 2. The number of rotatable bonds is 5. The van der Waals surface area contributed by atoms with Gasteiger partial charge in [0.25, 0.3) is 0 Å². The maximum absolute atomic E-state index is 13.0. The highest BCUT2D eigenvalue weighted by Gasteiger charge is 2.25. The second-order valence-corrected chi connectivity index (χ2v) is 7.34. The predicted molar refractivity (Wildman–Crippen MR) is 91.9 cm³/mol. The number of hydrogen-bond donors (Lipinski definition) is 0. The molecule has 0 nitrogen and oxygen atoms in total. The van der Waals surface area contributed by atoms with Crippen LogP contribution in [-0.4, -0.2) is 11.1 Å². The molecule has 0 N–H and O–H groups in total. The molecule has 21 heavy (non-hydrogen) atoms. The highest BCUT2D eigenvalue weighted by atomic mass is 79.9. The average Bonchev–Trinajstić information content (AvgIpc) is 2.92. The lowest BCUT2D eigenvalue weighted by molar-refractivity contribution is 0.495. The van der Waals surface area contributed by atoms with Crippen molar-refractivity contribution in [1.82, 2.24) is 0 Å². The molecule has 0 fully saturated rings. The van der Waals surface area contributed by atoms with E-state index in [0.717, 1.165) is 11.8 Å². The summed E-state index contributed by atoms with van der Waals surface area (Å²) in [4.78, 5) is 1.44. The predicted octanol–water partition coefficient (Wildman–Crippen LogP) is 5.66. The van der Waals surface area contributed by atoms with Crippen LogP contribution in [0.1, 0.15) is 23.5 Å². The van der Waals surface area contributed by atoms with Gasteiger partial charge in [-0.2, -0.15) is 0 Å². The van der Waals surface area contributed by atoms with E-state index in [1.54, 1.807) is 12.1 Å². The maximum atomic E-state index is 13.0. The molecule has 0 amide bonds. The van der Waals surface area contributed by atoms with Crippen LogP contribution in [0.15, 0.2) is 53.4 Å². The number of benzene rings is 2. The van der Waals surface area contributed by atoms with E-state index in [9.17, 15) is 4.39 Å². The normalized spacial score (nSPS) is 18.5. The van der Waals surface area contributed by atoms with Crippen molar-refractivity contribution in [2.75, 3.05) is 11.1 Å². The summed E-state index contributed by atoms with van der Waals surface area (Å²) in [6.07, 6.45) is 2.20. The van der Waals surface area contributed by atoms with Crippen molar-refractivity contribution in [3.63, 3.8) is 0 Å². The van der Waals surface area contributed by atoms with Crippen molar-refractivity contribution in [2.45, 2.75) is 23.7 Å². The summed E-state index contributed by atoms with van der Waals surface area (Å²) < 4.78 is 13.0. The number of alkyl halides is 1. The van der Waals surface area contributed by atoms with Crippen LogP contribution in [0.3, 0.4) is 0 Å². The van der Waals surface area contributed by atoms with Crippen molar-refractivity contribution in [1.29, 1.82) is 0 Å². The van der Waals surface area contributed by atoms with Gasteiger partial charge in [0.2, 0.25) is 0 Å². The van der Waals surface area contributed by atoms with Crippen LogP contribution in [-0.2, 0) is 6.42 Å². The van der Waals surface area contributed by atoms with Crippen LogP contribution in [0.2, 0.25) is 0 Å². The van der Waals surface area contributed by atoms with Crippen molar-refractivity contribution in [2.24, 2.45) is 5.92 Å². The van der Waals surface area contributed by atoms with Crippen molar-refractivity contribution in [3.8, 4) is 0 Å². The summed E-state index contributed by atoms with van der Waals surface area (Å²) in [7, 11) is 0. The number of fused-ring (bicyclic) bond motifs is 1. The zero-order chi connectivity index (χ0) is 14.7. The van der Waals surface area contributed by atoms with Crippen LogP contribution >= 0.6 is 27.7 Å². The largest absolute Gasteiger partial charge is 0.207 e. The topological polar surface area (TPSA) is 0 Å². The minimum atomic E-state index is -0.157. The van der Waals surface area contributed by atoms with E-state index < -0.39 is 0 Å². The van der Waals surface area contributed by atoms with Crippen LogP contribution in [0.5, 0.6) is 0 Å². The fourth-order valence-corrected chi connectivity index (χ4v) is 4.75. The van der Waals surface area contributed by atoms with E-state index in [2.05, 4.69) is 40.2 Å². The molecule has 2 aromatic carbocycles. The van der Waals surface area contributed by atoms with Crippen molar-refractivity contribution in [3.05, 3.63) is 65.5 Å². The molecule has 2 aromatic rings. The van der Waals surface area contributed by atoms with Gasteiger partial charge in [0, 0.05) is 16.0 Å². The van der Waals surface area contributed by atoms with Gasteiger partial charge >= 0.3 is 0 Å². The van der Waals surface area contributed by atoms with Gasteiger partial charge in [-0.25, -0.2) is 4.39 Å². The molecule has 3 rings (SSSR count). The minimum absolute atomic E-state index is 0.157. The van der Waals surface area contributed by atoms with Gasteiger partial charge in [0.15, 0.2) is 0 Å². The molecule has 1 aliphatic rings. The zero-order valence-corrected chi connectivity index (χ0v) is 14.2. The van der Waals surface area contributed by atoms with Gasteiger partial charge in [-0.05, 0) is 54.0 Å². The summed E-state index contributed by atoms with van der Waals surface area (Å²) in [5.41, 5.74) is 2.73. The fraction of sp³-hybridized carbons (Fsp3) is 0.333. The van der Waals surface area contributed by atoms with E-state index in [-0.39, 0.29) is 5.82 Å². The Balaban J connectivity index is 1.67. The first-order valence-corrected chi connectivity index (χ1v) is 9.39. The van der Waals surface area contributed by atoms with E-state index in [4.69, 9.17) is 0 Å². The molecule has 0 bridgehead atoms. The van der Waals surface area contributed by atoms with Gasteiger partial charge in [-0.15, -0.1) is 11.8 Å². The quantitative estimate of drug-likeness (QED) is 0.616. The van der Waals surface area contributed by atoms with Crippen molar-refractivity contribution < 1.29 is 4.39 Å². The SMILES string of the molecule is Fc1ccc(CC(CBr)CC2CSc3ccccc32)cc1. The lowest BCUT2D eigenvalue weighted by atomic mass is 9.88. The van der Waals surface area contributed by atoms with Crippen LogP contribution in [0.4, 0.5) is 4.39 Å². The first-order chi connectivity index (χ1) is 10.3. The zero-order valence-electron chi connectivity index (χ0n) is 11.8. The Morgan fingerprint density at radius 2 is 1.90 bits per heavy atom. The Bertz CT molecular complexity index is 596. The molecule has 1 aliphatic heterocycles. The van der Waals surface area contributed by atoms with Crippen LogP contribution < -0.4 is 0 Å². The molecule has 0 radical (unpaired) electrons. The molecule has 2 atom stereocenters. The Hall–Kier alpha value is -0.800. The highest BCUT2D eigenvalue weighted by molar-refractivity contribution is 9.09. The minimum Gasteiger partial charge on any atom is -0.207 e. The smallest absolute Gasteiger partial charge is 0.123 e. The lowest BCUT2D eigenvalue weighted by Crippen LogP contribution is -2.12. The first kappa shape index (κ1) is 15.1. The van der Waals surface area contributed by atoms with Gasteiger partial charge in [-0.1, -0.05) is 46.3 Å². The molecule has 2 unspecified atom stereocenters. The van der Waals surface area contributed by atoms with Gasteiger partial charge in [-0.3, -0.25) is 0 Å². The molecule has 0 saturated carbocycles. The van der Waals surface area contributed by atoms with Crippen molar-refractivity contribution >= 4 is 27.7 Å². The number of thioether (sulfide) groups is 1. The Morgan fingerprint density at radius 3 is 2.67 bits per heavy atom. The molecule has 0 saturated heterocycles. The molecular weight excluding hydrogens is 347 g/mol. The third-order valence-electron chi connectivity index (χ3n) is 4.07. The van der Waals surface area contributed by atoms with E-state index in [1.807, 2.05) is 23.9 Å². The molecule has 3 heteroatoms. The third kappa shape index (κ3) is 3.70. The highest BCUT2D eigenvalue weighted by Crippen LogP contribution is 2.42. The summed E-state index contributed by atoms with van der Waals surface area (Å²) >= 11 is 5.63. The summed E-state index contributed by atoms with van der Waals surface area (Å²) in [5, 5.41) is 0.994.